The molecule has 14 nitrogen and oxygen atoms in total. The Balaban J connectivity index is 0.974. The van der Waals surface area contributed by atoms with E-state index in [1.54, 1.807) is 61.2 Å². The summed E-state index contributed by atoms with van der Waals surface area (Å²) in [4.78, 5) is 60.6. The van der Waals surface area contributed by atoms with Gasteiger partial charge in [0.15, 0.2) is 11.2 Å². The molecule has 296 valence electrons. The first-order chi connectivity index (χ1) is 26.5. The molecule has 0 bridgehead atoms. The fourth-order valence-electron chi connectivity index (χ4n) is 6.84. The lowest BCUT2D eigenvalue weighted by Gasteiger charge is -2.34. The molecule has 4 heterocycles. The molecule has 3 aliphatic heterocycles. The topological polar surface area (TPSA) is 163 Å². The Bertz CT molecular complexity index is 2060. The molecule has 3 aromatic rings. The minimum Gasteiger partial charge on any atom is -0.491 e. The Morgan fingerprint density at radius 3 is 2.46 bits per heavy atom. The van der Waals surface area contributed by atoms with E-state index in [4.69, 9.17) is 21.6 Å². The van der Waals surface area contributed by atoms with Gasteiger partial charge in [-0.05, 0) is 62.7 Å². The Labute approximate surface area is 331 Å². The Kier molecular flexibility index (Phi) is 12.0. The fraction of sp³-hybridized carbons (Fsp3) is 0.405. The van der Waals surface area contributed by atoms with Crippen LogP contribution in [0.5, 0.6) is 5.75 Å². The molecule has 0 radical (unpaired) electrons. The molecule has 19 heteroatoms. The number of anilines is 4. The molecule has 3 fully saturated rings. The van der Waals surface area contributed by atoms with E-state index < -0.39 is 40.4 Å². The number of benzene rings is 2. The largest absolute Gasteiger partial charge is 0.491 e. The number of ether oxygens (including phenoxy) is 1. The van der Waals surface area contributed by atoms with Gasteiger partial charge in [-0.1, -0.05) is 17.7 Å². The second kappa shape index (κ2) is 16.6. The first kappa shape index (κ1) is 40.6. The van der Waals surface area contributed by atoms with E-state index in [1.807, 2.05) is 0 Å². The summed E-state index contributed by atoms with van der Waals surface area (Å²) in [7, 11) is 0. The average molecular weight is 814 g/mol. The minimum absolute atomic E-state index is 0.157. The lowest BCUT2D eigenvalue weighted by molar-refractivity contribution is -0.138. The van der Waals surface area contributed by atoms with Gasteiger partial charge in [0.2, 0.25) is 17.7 Å². The molecule has 3 N–H and O–H groups in total. The number of nitrogens with one attached hydrogen (secondary N) is 3. The third-order valence-corrected chi connectivity index (χ3v) is 10.5. The van der Waals surface area contributed by atoms with Crippen LogP contribution in [0.1, 0.15) is 37.9 Å². The fourth-order valence-corrected chi connectivity index (χ4v) is 7.73. The summed E-state index contributed by atoms with van der Waals surface area (Å²) < 4.78 is 47.0. The minimum atomic E-state index is -4.86. The van der Waals surface area contributed by atoms with E-state index in [1.165, 1.54) is 6.07 Å². The number of carbonyl (C=O) groups is 4. The summed E-state index contributed by atoms with van der Waals surface area (Å²) in [6.07, 6.45) is -3.16. The summed E-state index contributed by atoms with van der Waals surface area (Å²) >= 11 is 11.2. The standard InChI is InChI=1S/C37H39ClF3N9O5S/c1-36(2)34(54)49(25-17-26(37(39,40)41)29(19-42)43-20-25)35(56)50(36)24-6-8-30(27(38)18-24)55-15-14-47-10-12-48(13-11-47)21-32(52)45-23-5-3-4-22(16-23)44-28-7-9-31(51)46-33(28)53/h3-6,8,16-18,20,28,35,44,56H,7,9-15,21H2,1-2H3,(H,45,52)(H,46,51,53). The van der Waals surface area contributed by atoms with Crippen molar-refractivity contribution in [3.63, 3.8) is 0 Å². The predicted molar refractivity (Wildman–Crippen MR) is 205 cm³/mol. The maximum atomic E-state index is 13.7. The number of aromatic nitrogens is 1. The van der Waals surface area contributed by atoms with E-state index in [9.17, 15) is 32.3 Å². The Morgan fingerprint density at radius 2 is 1.79 bits per heavy atom. The first-order valence-corrected chi connectivity index (χ1v) is 18.6. The van der Waals surface area contributed by atoms with Crippen molar-refractivity contribution >= 4 is 70.6 Å². The van der Waals surface area contributed by atoms with E-state index in [0.29, 0.717) is 68.6 Å². The summed E-state index contributed by atoms with van der Waals surface area (Å²) in [5.41, 5.74) is -2.75. The number of pyridine rings is 1. The van der Waals surface area contributed by atoms with Gasteiger partial charge in [-0.3, -0.25) is 39.2 Å². The number of nitrogens with zero attached hydrogens (tertiary/aromatic N) is 6. The second-order valence-corrected chi connectivity index (χ2v) is 14.9. The number of halogens is 4. The molecule has 0 saturated carbocycles. The van der Waals surface area contributed by atoms with Crippen molar-refractivity contribution in [2.24, 2.45) is 0 Å². The maximum Gasteiger partial charge on any atom is 0.419 e. The van der Waals surface area contributed by atoms with Crippen LogP contribution in [-0.4, -0.2) is 101 Å². The molecule has 3 aliphatic rings. The van der Waals surface area contributed by atoms with Crippen molar-refractivity contribution in [1.82, 2.24) is 20.1 Å². The van der Waals surface area contributed by atoms with Crippen LogP contribution in [0.2, 0.25) is 5.02 Å². The van der Waals surface area contributed by atoms with E-state index in [-0.39, 0.29) is 41.4 Å². The molecular weight excluding hydrogens is 775 g/mol. The van der Waals surface area contributed by atoms with Crippen molar-refractivity contribution in [3.8, 4) is 11.8 Å². The number of imide groups is 1. The number of alkyl halides is 3. The van der Waals surface area contributed by atoms with Crippen LogP contribution >= 0.6 is 24.2 Å². The molecule has 0 spiro atoms. The molecule has 2 atom stereocenters. The number of nitriles is 1. The highest BCUT2D eigenvalue weighted by atomic mass is 35.5. The Morgan fingerprint density at radius 1 is 1.07 bits per heavy atom. The maximum absolute atomic E-state index is 13.7. The molecule has 2 aromatic carbocycles. The van der Waals surface area contributed by atoms with Gasteiger partial charge in [-0.25, -0.2) is 4.98 Å². The molecule has 56 heavy (non-hydrogen) atoms. The zero-order valence-corrected chi connectivity index (χ0v) is 32.0. The van der Waals surface area contributed by atoms with Crippen LogP contribution in [0.25, 0.3) is 0 Å². The van der Waals surface area contributed by atoms with Gasteiger partial charge >= 0.3 is 6.18 Å². The van der Waals surface area contributed by atoms with E-state index in [0.717, 1.165) is 17.2 Å². The quantitative estimate of drug-likeness (QED) is 0.161. The molecule has 0 aliphatic carbocycles. The highest BCUT2D eigenvalue weighted by Crippen LogP contribution is 2.43. The number of thiol groups is 1. The zero-order chi connectivity index (χ0) is 40.4. The number of piperidine rings is 1. The summed E-state index contributed by atoms with van der Waals surface area (Å²) in [5.74, 6) is -0.951. The second-order valence-electron chi connectivity index (χ2n) is 14.0. The van der Waals surface area contributed by atoms with Crippen LogP contribution in [0.3, 0.4) is 0 Å². The zero-order valence-electron chi connectivity index (χ0n) is 30.4. The van der Waals surface area contributed by atoms with Gasteiger partial charge in [-0.2, -0.15) is 18.4 Å². The van der Waals surface area contributed by atoms with Gasteiger partial charge in [0.1, 0.15) is 30.0 Å². The van der Waals surface area contributed by atoms with Gasteiger partial charge in [0, 0.05) is 56.2 Å². The smallest absolute Gasteiger partial charge is 0.419 e. The lowest BCUT2D eigenvalue weighted by Crippen LogP contribution is -2.49. The third-order valence-electron chi connectivity index (χ3n) is 9.79. The van der Waals surface area contributed by atoms with Crippen molar-refractivity contribution in [2.45, 2.75) is 49.9 Å². The number of rotatable bonds is 11. The summed E-state index contributed by atoms with van der Waals surface area (Å²) in [6, 6.07) is 13.7. The number of piperazine rings is 1. The number of hydrogen-bond acceptors (Lipinski definition) is 12. The van der Waals surface area contributed by atoms with Crippen molar-refractivity contribution < 1.29 is 37.1 Å². The Hall–Kier alpha value is -5.09. The van der Waals surface area contributed by atoms with Gasteiger partial charge in [0.05, 0.1) is 29.0 Å². The molecule has 4 amide bonds. The highest BCUT2D eigenvalue weighted by Gasteiger charge is 2.52. The van der Waals surface area contributed by atoms with Crippen molar-refractivity contribution in [2.75, 3.05) is 66.3 Å². The highest BCUT2D eigenvalue weighted by molar-refractivity contribution is 7.81. The predicted octanol–water partition coefficient (Wildman–Crippen LogP) is 4.32. The summed E-state index contributed by atoms with van der Waals surface area (Å²) in [5, 5.41) is 17.7. The van der Waals surface area contributed by atoms with Crippen molar-refractivity contribution in [1.29, 1.82) is 5.26 Å². The van der Waals surface area contributed by atoms with Crippen molar-refractivity contribution in [3.05, 3.63) is 71.0 Å². The normalized spacial score (nSPS) is 20.4. The van der Waals surface area contributed by atoms with Crippen LogP contribution in [0.15, 0.2) is 54.7 Å². The van der Waals surface area contributed by atoms with Gasteiger partial charge in [-0.15, -0.1) is 12.6 Å². The molecular formula is C37H39ClF3N9O5S. The first-order valence-electron chi connectivity index (χ1n) is 17.7. The third kappa shape index (κ3) is 8.96. The molecule has 3 saturated heterocycles. The molecule has 2 unspecified atom stereocenters. The molecule has 1 aromatic heterocycles. The summed E-state index contributed by atoms with van der Waals surface area (Å²) in [6.45, 7) is 7.14. The average Bonchev–Trinajstić information content (AvgIpc) is 3.32. The monoisotopic (exact) mass is 813 g/mol. The SMILES string of the molecule is CC1(C)C(=O)N(c2cnc(C#N)c(C(F)(F)F)c2)C(S)N1c1ccc(OCCN2CCN(CC(=O)Nc3cccc(NC4CCC(=O)NC4=O)c3)CC2)c(Cl)c1. The van der Waals surface area contributed by atoms with Crippen LogP contribution in [0.4, 0.5) is 35.9 Å². The van der Waals surface area contributed by atoms with Gasteiger partial charge < -0.3 is 20.3 Å². The molecule has 6 rings (SSSR count). The lowest BCUT2D eigenvalue weighted by atomic mass is 10.0. The number of amides is 4. The number of carbonyl (C=O) groups excluding carboxylic acids is 4. The van der Waals surface area contributed by atoms with E-state index >= 15 is 0 Å². The van der Waals surface area contributed by atoms with Crippen LogP contribution in [0, 0.1) is 11.3 Å². The number of hydrogen-bond donors (Lipinski definition) is 4. The van der Waals surface area contributed by atoms with Crippen LogP contribution in [-0.2, 0) is 25.4 Å². The van der Waals surface area contributed by atoms with Gasteiger partial charge in [0.25, 0.3) is 5.91 Å². The van der Waals surface area contributed by atoms with Crippen LogP contribution < -0.4 is 30.5 Å². The van der Waals surface area contributed by atoms with E-state index in [2.05, 4.69) is 43.4 Å².